The lowest BCUT2D eigenvalue weighted by molar-refractivity contribution is -0.128. The number of rotatable bonds is 1. The van der Waals surface area contributed by atoms with E-state index < -0.39 is 5.82 Å². The fourth-order valence-electron chi connectivity index (χ4n) is 1.55. The Morgan fingerprint density at radius 1 is 1.41 bits per heavy atom. The molecule has 1 saturated heterocycles. The highest BCUT2D eigenvalue weighted by molar-refractivity contribution is 9.10. The van der Waals surface area contributed by atoms with Gasteiger partial charge in [-0.05, 0) is 28.1 Å². The zero-order chi connectivity index (χ0) is 12.6. The molecule has 1 N–H and O–H groups in total. The van der Waals surface area contributed by atoms with E-state index in [0.29, 0.717) is 10.2 Å². The van der Waals surface area contributed by atoms with Gasteiger partial charge in [-0.3, -0.25) is 14.5 Å². The molecule has 0 bridgehead atoms. The predicted molar refractivity (Wildman–Crippen MR) is 64.5 cm³/mol. The summed E-state index contributed by atoms with van der Waals surface area (Å²) in [7, 11) is 0. The highest BCUT2D eigenvalue weighted by atomic mass is 79.9. The first-order valence-corrected chi connectivity index (χ1v) is 5.87. The molecule has 0 saturated carbocycles. The van der Waals surface area contributed by atoms with Gasteiger partial charge in [-0.25, -0.2) is 4.39 Å². The summed E-state index contributed by atoms with van der Waals surface area (Å²) in [4.78, 5) is 24.1. The third kappa shape index (κ3) is 2.42. The number of nitrogens with one attached hydrogen (secondary N) is 1. The summed E-state index contributed by atoms with van der Waals surface area (Å²) in [5, 5.41) is 2.50. The minimum atomic E-state index is -0.514. The summed E-state index contributed by atoms with van der Waals surface area (Å²) < 4.78 is 13.4. The van der Waals surface area contributed by atoms with E-state index in [0.717, 1.165) is 6.07 Å². The lowest BCUT2D eigenvalue weighted by Gasteiger charge is -2.28. The minimum absolute atomic E-state index is 0.0833. The Labute approximate surface area is 110 Å². The molecule has 1 aromatic carbocycles. The van der Waals surface area contributed by atoms with E-state index in [1.807, 2.05) is 0 Å². The number of benzene rings is 1. The summed E-state index contributed by atoms with van der Waals surface area (Å²) in [6, 6.07) is 2.29. The van der Waals surface area contributed by atoms with Crippen molar-refractivity contribution in [2.24, 2.45) is 0 Å². The van der Waals surface area contributed by atoms with E-state index in [1.165, 1.54) is 11.0 Å². The third-order valence-electron chi connectivity index (χ3n) is 2.29. The molecule has 0 atom stereocenters. The second-order valence-corrected chi connectivity index (χ2v) is 4.74. The number of piperazine rings is 1. The molecule has 1 fully saturated rings. The van der Waals surface area contributed by atoms with Crippen molar-refractivity contribution in [3.8, 4) is 0 Å². The summed E-state index contributed by atoms with van der Waals surface area (Å²) in [5.41, 5.74) is 0.313. The number of carbonyl (C=O) groups excluding carboxylic acids is 2. The van der Waals surface area contributed by atoms with E-state index in [4.69, 9.17) is 11.6 Å². The molecule has 0 radical (unpaired) electrons. The summed E-state index contributed by atoms with van der Waals surface area (Å²) in [6.07, 6.45) is 0. The van der Waals surface area contributed by atoms with Gasteiger partial charge >= 0.3 is 0 Å². The molecule has 2 rings (SSSR count). The van der Waals surface area contributed by atoms with Gasteiger partial charge in [0.1, 0.15) is 12.4 Å². The Kier molecular flexibility index (Phi) is 3.35. The summed E-state index contributed by atoms with van der Waals surface area (Å²) >= 11 is 9.02. The molecule has 0 spiro atoms. The topological polar surface area (TPSA) is 49.4 Å². The molecule has 1 aromatic rings. The van der Waals surface area contributed by atoms with Crippen LogP contribution in [0.1, 0.15) is 0 Å². The number of halogens is 3. The molecular weight excluding hydrogens is 314 g/mol. The van der Waals surface area contributed by atoms with Gasteiger partial charge in [0.25, 0.3) is 0 Å². The zero-order valence-corrected chi connectivity index (χ0v) is 10.8. The molecule has 0 aromatic heterocycles. The SMILES string of the molecule is O=C1CN(c2c(Cl)cc(F)cc2Br)C(=O)CN1. The van der Waals surface area contributed by atoms with Crippen LogP contribution in [-0.4, -0.2) is 24.9 Å². The third-order valence-corrected chi connectivity index (χ3v) is 3.18. The molecule has 0 unspecified atom stereocenters. The van der Waals surface area contributed by atoms with Gasteiger partial charge in [0.05, 0.1) is 17.3 Å². The van der Waals surface area contributed by atoms with Gasteiger partial charge in [-0.1, -0.05) is 11.6 Å². The highest BCUT2D eigenvalue weighted by Crippen LogP contribution is 2.35. The first kappa shape index (κ1) is 12.3. The quantitative estimate of drug-likeness (QED) is 0.856. The Bertz CT molecular complexity index is 486. The van der Waals surface area contributed by atoms with Gasteiger partial charge in [-0.2, -0.15) is 0 Å². The molecule has 1 aliphatic rings. The van der Waals surface area contributed by atoms with Crippen molar-refractivity contribution in [2.45, 2.75) is 0 Å². The standard InChI is InChI=1S/C10H7BrClFN2O2/c11-6-1-5(13)2-7(12)10(6)15-4-8(16)14-3-9(15)17/h1-2H,3-4H2,(H,14,16). The van der Waals surface area contributed by atoms with E-state index in [9.17, 15) is 14.0 Å². The van der Waals surface area contributed by atoms with E-state index in [1.54, 1.807) is 0 Å². The maximum Gasteiger partial charge on any atom is 0.246 e. The number of hydrogen-bond donors (Lipinski definition) is 1. The van der Waals surface area contributed by atoms with Crippen LogP contribution >= 0.6 is 27.5 Å². The first-order chi connectivity index (χ1) is 7.99. The van der Waals surface area contributed by atoms with Crippen molar-refractivity contribution in [1.82, 2.24) is 5.32 Å². The number of carbonyl (C=O) groups is 2. The first-order valence-electron chi connectivity index (χ1n) is 4.70. The number of amides is 2. The molecule has 1 heterocycles. The largest absolute Gasteiger partial charge is 0.345 e. The van der Waals surface area contributed by atoms with Crippen LogP contribution in [0.2, 0.25) is 5.02 Å². The smallest absolute Gasteiger partial charge is 0.246 e. The summed E-state index contributed by atoms with van der Waals surface area (Å²) in [5.74, 6) is -1.09. The van der Waals surface area contributed by atoms with Gasteiger partial charge < -0.3 is 5.32 Å². The Hall–Kier alpha value is -1.14. The van der Waals surface area contributed by atoms with Crippen molar-refractivity contribution in [2.75, 3.05) is 18.0 Å². The Morgan fingerprint density at radius 2 is 2.12 bits per heavy atom. The van der Waals surface area contributed by atoms with Crippen LogP contribution in [0, 0.1) is 5.82 Å². The zero-order valence-electron chi connectivity index (χ0n) is 8.47. The number of anilines is 1. The van der Waals surface area contributed by atoms with Crippen molar-refractivity contribution in [3.05, 3.63) is 27.4 Å². The van der Waals surface area contributed by atoms with Crippen LogP contribution in [0.4, 0.5) is 10.1 Å². The molecule has 4 nitrogen and oxygen atoms in total. The average molecular weight is 322 g/mol. The normalized spacial score (nSPS) is 16.1. The van der Waals surface area contributed by atoms with E-state index in [2.05, 4.69) is 21.2 Å². The average Bonchev–Trinajstić information content (AvgIpc) is 2.21. The second-order valence-electron chi connectivity index (χ2n) is 3.47. The monoisotopic (exact) mass is 320 g/mol. The van der Waals surface area contributed by atoms with Gasteiger partial charge in [0.2, 0.25) is 11.8 Å². The minimum Gasteiger partial charge on any atom is -0.345 e. The van der Waals surface area contributed by atoms with Crippen LogP contribution in [0.25, 0.3) is 0 Å². The molecule has 0 aliphatic carbocycles. The molecule has 17 heavy (non-hydrogen) atoms. The molecule has 7 heteroatoms. The predicted octanol–water partition coefficient (Wildman–Crippen LogP) is 1.70. The van der Waals surface area contributed by atoms with Crippen LogP contribution in [-0.2, 0) is 9.59 Å². The van der Waals surface area contributed by atoms with Crippen molar-refractivity contribution in [1.29, 1.82) is 0 Å². The lowest BCUT2D eigenvalue weighted by Crippen LogP contribution is -2.52. The number of hydrogen-bond acceptors (Lipinski definition) is 2. The fraction of sp³-hybridized carbons (Fsp3) is 0.200. The molecule has 1 aliphatic heterocycles. The van der Waals surface area contributed by atoms with E-state index >= 15 is 0 Å². The van der Waals surface area contributed by atoms with Crippen molar-refractivity contribution in [3.63, 3.8) is 0 Å². The van der Waals surface area contributed by atoms with Gasteiger partial charge in [0, 0.05) is 4.47 Å². The Balaban J connectivity index is 2.45. The van der Waals surface area contributed by atoms with Gasteiger partial charge in [-0.15, -0.1) is 0 Å². The van der Waals surface area contributed by atoms with Crippen molar-refractivity contribution >= 4 is 45.0 Å². The molecule has 2 amide bonds. The second kappa shape index (κ2) is 4.62. The molecule has 90 valence electrons. The summed E-state index contributed by atoms with van der Waals surface area (Å²) in [6.45, 7) is -0.207. The van der Waals surface area contributed by atoms with Crippen LogP contribution in [0.3, 0.4) is 0 Å². The molecular formula is C10H7BrClFN2O2. The van der Waals surface area contributed by atoms with Gasteiger partial charge in [0.15, 0.2) is 0 Å². The number of nitrogens with zero attached hydrogens (tertiary/aromatic N) is 1. The lowest BCUT2D eigenvalue weighted by atomic mass is 10.2. The highest BCUT2D eigenvalue weighted by Gasteiger charge is 2.27. The maximum absolute atomic E-state index is 13.1. The van der Waals surface area contributed by atoms with Crippen LogP contribution in [0.5, 0.6) is 0 Å². The van der Waals surface area contributed by atoms with E-state index in [-0.39, 0.29) is 29.9 Å². The van der Waals surface area contributed by atoms with Crippen molar-refractivity contribution < 1.29 is 14.0 Å². The van der Waals surface area contributed by atoms with Crippen LogP contribution < -0.4 is 10.2 Å². The Morgan fingerprint density at radius 3 is 2.76 bits per heavy atom. The maximum atomic E-state index is 13.1. The van der Waals surface area contributed by atoms with Crippen LogP contribution in [0.15, 0.2) is 16.6 Å². The fourth-order valence-corrected chi connectivity index (χ4v) is 2.62.